The molecule has 6 atom stereocenters. The summed E-state index contributed by atoms with van der Waals surface area (Å²) in [6.07, 6.45) is -4.44. The average molecular weight is 616 g/mol. The van der Waals surface area contributed by atoms with Crippen molar-refractivity contribution in [1.29, 1.82) is 0 Å². The number of ether oxygens (including phenoxy) is 5. The third kappa shape index (κ3) is 9.86. The molecule has 1 aliphatic heterocycles. The highest BCUT2D eigenvalue weighted by Gasteiger charge is 2.52. The van der Waals surface area contributed by atoms with Gasteiger partial charge in [0.15, 0.2) is 12.2 Å². The Labute approximate surface area is 252 Å². The summed E-state index contributed by atoms with van der Waals surface area (Å²) < 4.78 is 27.4. The molecule has 3 rings (SSSR count). The van der Waals surface area contributed by atoms with E-state index in [1.165, 1.54) is 6.92 Å². The Hall–Kier alpha value is -3.82. The van der Waals surface area contributed by atoms with Crippen LogP contribution in [0, 0.1) is 0 Å². The van der Waals surface area contributed by atoms with Gasteiger partial charge in [0.25, 0.3) is 0 Å². The van der Waals surface area contributed by atoms with E-state index in [0.717, 1.165) is 31.4 Å². The molecule has 2 aromatic carbocycles. The fourth-order valence-corrected chi connectivity index (χ4v) is 7.79. The first-order valence-corrected chi connectivity index (χ1v) is 15.4. The van der Waals surface area contributed by atoms with Crippen LogP contribution in [0.25, 0.3) is 0 Å². The summed E-state index contributed by atoms with van der Waals surface area (Å²) in [6, 6.07) is 18.7. The number of esters is 4. The molecule has 0 aliphatic carbocycles. The summed E-state index contributed by atoms with van der Waals surface area (Å²) in [4.78, 5) is 61.5. The summed E-state index contributed by atoms with van der Waals surface area (Å²) in [5.74, 6) is -3.23. The molecular weight excluding hydrogens is 577 g/mol. The second-order valence-electron chi connectivity index (χ2n) is 10.0. The molecule has 0 aromatic heterocycles. The minimum atomic E-state index is -1.44. The molecule has 0 radical (unpaired) electrons. The summed E-state index contributed by atoms with van der Waals surface area (Å²) in [7, 11) is -0.940. The van der Waals surface area contributed by atoms with Gasteiger partial charge in [0.05, 0.1) is 0 Å². The van der Waals surface area contributed by atoms with Gasteiger partial charge < -0.3 is 29.0 Å². The Bertz CT molecular complexity index is 1220. The third-order valence-electron chi connectivity index (χ3n) is 6.64. The Morgan fingerprint density at radius 1 is 0.767 bits per heavy atom. The van der Waals surface area contributed by atoms with Crippen molar-refractivity contribution in [2.45, 2.75) is 83.8 Å². The standard InChI is InChI=1S/C31H38NO10P/c1-6-23(43(24-13-9-7-10-14-24)25-15-11-8-12-16-25)17-27(37)32-28-30(40-21(4)35)29(39-20(3)34)26(18-38-19(2)33)42-31(28)41-22(5)36/h7-16,23,26,28-31H,6,17-18H2,1-5H3,(H,32,37)/t23-,26-,28-,29-,30-,31-/m1/s1. The fraction of sp³-hybridized carbons (Fsp3) is 0.452. The number of carbonyl (C=O) groups excluding carboxylic acids is 5. The lowest BCUT2D eigenvalue weighted by molar-refractivity contribution is -0.271. The van der Waals surface area contributed by atoms with Crippen molar-refractivity contribution in [3.05, 3.63) is 60.7 Å². The van der Waals surface area contributed by atoms with Crippen LogP contribution < -0.4 is 15.9 Å². The summed E-state index contributed by atoms with van der Waals surface area (Å²) in [5, 5.41) is 5.06. The Balaban J connectivity index is 1.94. The van der Waals surface area contributed by atoms with E-state index in [0.29, 0.717) is 6.42 Å². The van der Waals surface area contributed by atoms with Crippen LogP contribution >= 0.6 is 7.92 Å². The first kappa shape index (κ1) is 33.7. The first-order valence-electron chi connectivity index (χ1n) is 14.0. The molecule has 0 bridgehead atoms. The summed E-state index contributed by atoms with van der Waals surface area (Å²) >= 11 is 0. The molecular formula is C31H38NO10P. The predicted octanol–water partition coefficient (Wildman–Crippen LogP) is 2.49. The number of carbonyl (C=O) groups is 5. The van der Waals surface area contributed by atoms with E-state index >= 15 is 0 Å². The van der Waals surface area contributed by atoms with Crippen LogP contribution in [0.3, 0.4) is 0 Å². The zero-order valence-electron chi connectivity index (χ0n) is 24.9. The van der Waals surface area contributed by atoms with Gasteiger partial charge in [0.2, 0.25) is 12.2 Å². The lowest BCUT2D eigenvalue weighted by atomic mass is 9.95. The lowest BCUT2D eigenvalue weighted by Gasteiger charge is -2.44. The molecule has 0 saturated carbocycles. The van der Waals surface area contributed by atoms with E-state index in [1.807, 2.05) is 43.3 Å². The quantitative estimate of drug-likeness (QED) is 0.215. The fourth-order valence-electron chi connectivity index (χ4n) is 4.95. The highest BCUT2D eigenvalue weighted by Crippen LogP contribution is 2.43. The molecule has 1 saturated heterocycles. The molecule has 1 N–H and O–H groups in total. The van der Waals surface area contributed by atoms with E-state index < -0.39 is 68.3 Å². The lowest BCUT2D eigenvalue weighted by Crippen LogP contribution is -2.67. The monoisotopic (exact) mass is 615 g/mol. The van der Waals surface area contributed by atoms with Gasteiger partial charge >= 0.3 is 23.9 Å². The van der Waals surface area contributed by atoms with Crippen LogP contribution in [-0.4, -0.2) is 72.7 Å². The molecule has 0 spiro atoms. The number of hydrogen-bond donors (Lipinski definition) is 1. The van der Waals surface area contributed by atoms with E-state index in [2.05, 4.69) is 29.6 Å². The smallest absolute Gasteiger partial charge is 0.305 e. The van der Waals surface area contributed by atoms with Crippen LogP contribution in [0.4, 0.5) is 0 Å². The predicted molar refractivity (Wildman–Crippen MR) is 158 cm³/mol. The van der Waals surface area contributed by atoms with Gasteiger partial charge in [-0.1, -0.05) is 67.6 Å². The second kappa shape index (κ2) is 16.1. The van der Waals surface area contributed by atoms with Crippen molar-refractivity contribution in [3.8, 4) is 0 Å². The van der Waals surface area contributed by atoms with Gasteiger partial charge in [-0.25, -0.2) is 0 Å². The Morgan fingerprint density at radius 3 is 1.74 bits per heavy atom. The van der Waals surface area contributed by atoms with Crippen molar-refractivity contribution in [2.75, 3.05) is 6.61 Å². The highest BCUT2D eigenvalue weighted by molar-refractivity contribution is 7.73. The normalized spacial score (nSPS) is 22.1. The number of hydrogen-bond acceptors (Lipinski definition) is 10. The maximum absolute atomic E-state index is 13.7. The van der Waals surface area contributed by atoms with Crippen molar-refractivity contribution in [1.82, 2.24) is 5.32 Å². The van der Waals surface area contributed by atoms with Crippen molar-refractivity contribution in [3.63, 3.8) is 0 Å². The zero-order valence-corrected chi connectivity index (χ0v) is 25.8. The number of amides is 1. The van der Waals surface area contributed by atoms with E-state index in [4.69, 9.17) is 23.7 Å². The topological polar surface area (TPSA) is 144 Å². The van der Waals surface area contributed by atoms with Gasteiger partial charge in [-0.05, 0) is 30.6 Å². The van der Waals surface area contributed by atoms with Crippen LogP contribution in [0.2, 0.25) is 0 Å². The summed E-state index contributed by atoms with van der Waals surface area (Å²) in [5.41, 5.74) is -0.0790. The SMILES string of the molecule is CC[C@H](CC(=O)N[C@H]1[C@H](OC(C)=O)O[C@H](COC(C)=O)[C@@H](OC(C)=O)[C@@H]1OC(C)=O)P(c1ccccc1)c1ccccc1. The van der Waals surface area contributed by atoms with E-state index in [-0.39, 0.29) is 18.7 Å². The minimum absolute atomic E-state index is 0.0790. The highest BCUT2D eigenvalue weighted by atomic mass is 31.1. The van der Waals surface area contributed by atoms with Gasteiger partial charge in [-0.2, -0.15) is 0 Å². The molecule has 2 aromatic rings. The van der Waals surface area contributed by atoms with Gasteiger partial charge in [0.1, 0.15) is 18.8 Å². The molecule has 43 heavy (non-hydrogen) atoms. The molecule has 1 heterocycles. The van der Waals surface area contributed by atoms with Gasteiger partial charge in [-0.3, -0.25) is 24.0 Å². The Kier molecular flexibility index (Phi) is 12.6. The second-order valence-corrected chi connectivity index (χ2v) is 12.5. The van der Waals surface area contributed by atoms with Crippen LogP contribution in [0.5, 0.6) is 0 Å². The van der Waals surface area contributed by atoms with Crippen molar-refractivity contribution in [2.24, 2.45) is 0 Å². The third-order valence-corrected chi connectivity index (χ3v) is 9.62. The minimum Gasteiger partial charge on any atom is -0.463 e. The molecule has 11 nitrogen and oxygen atoms in total. The van der Waals surface area contributed by atoms with Gasteiger partial charge in [-0.15, -0.1) is 0 Å². The van der Waals surface area contributed by atoms with Gasteiger partial charge in [0, 0.05) is 34.1 Å². The maximum Gasteiger partial charge on any atom is 0.305 e. The Morgan fingerprint density at radius 2 is 1.28 bits per heavy atom. The van der Waals surface area contributed by atoms with Crippen LogP contribution in [-0.2, 0) is 47.7 Å². The van der Waals surface area contributed by atoms with Crippen LogP contribution in [0.15, 0.2) is 60.7 Å². The van der Waals surface area contributed by atoms with Crippen molar-refractivity contribution < 1.29 is 47.7 Å². The number of nitrogens with one attached hydrogen (secondary N) is 1. The molecule has 1 aliphatic rings. The van der Waals surface area contributed by atoms with E-state index in [9.17, 15) is 24.0 Å². The first-order chi connectivity index (χ1) is 20.5. The maximum atomic E-state index is 13.7. The molecule has 232 valence electrons. The number of benzene rings is 2. The molecule has 0 unspecified atom stereocenters. The van der Waals surface area contributed by atoms with Crippen LogP contribution in [0.1, 0.15) is 47.5 Å². The average Bonchev–Trinajstić information content (AvgIpc) is 2.95. The van der Waals surface area contributed by atoms with Crippen molar-refractivity contribution >= 4 is 48.3 Å². The number of rotatable bonds is 12. The van der Waals surface area contributed by atoms with E-state index in [1.54, 1.807) is 0 Å². The molecule has 12 heteroatoms. The molecule has 1 fully saturated rings. The zero-order chi connectivity index (χ0) is 31.5. The largest absolute Gasteiger partial charge is 0.463 e. The molecule has 1 amide bonds. The summed E-state index contributed by atoms with van der Waals surface area (Å²) in [6.45, 7) is 6.27.